The van der Waals surface area contributed by atoms with Crippen molar-refractivity contribution in [3.8, 4) is 5.75 Å². The number of rotatable bonds is 4. The lowest BCUT2D eigenvalue weighted by atomic mass is 10.1. The van der Waals surface area contributed by atoms with E-state index in [9.17, 15) is 4.79 Å². The third-order valence-electron chi connectivity index (χ3n) is 4.32. The monoisotopic (exact) mass is 373 g/mol. The number of carbonyl (C=O) groups is 1. The minimum Gasteiger partial charge on any atom is -0.496 e. The number of para-hydroxylation sites is 1. The van der Waals surface area contributed by atoms with E-state index in [2.05, 4.69) is 28.9 Å². The van der Waals surface area contributed by atoms with E-state index < -0.39 is 0 Å². The van der Waals surface area contributed by atoms with Crippen LogP contribution in [0, 0.1) is 0 Å². The second-order valence-corrected chi connectivity index (χ2v) is 6.77. The van der Waals surface area contributed by atoms with Crippen molar-refractivity contribution in [2.45, 2.75) is 32.2 Å². The number of methoxy groups -OCH3 is 1. The molecule has 3 nitrogen and oxygen atoms in total. The quantitative estimate of drug-likeness (QED) is 0.796. The highest BCUT2D eigenvalue weighted by Crippen LogP contribution is 2.32. The van der Waals surface area contributed by atoms with Crippen LogP contribution in [-0.2, 0) is 17.6 Å². The number of fused-ring (bicyclic) bond motifs is 1. The van der Waals surface area contributed by atoms with Crippen LogP contribution >= 0.6 is 15.9 Å². The fourth-order valence-electron chi connectivity index (χ4n) is 3.18. The highest BCUT2D eigenvalue weighted by molar-refractivity contribution is 9.10. The number of anilines is 1. The lowest BCUT2D eigenvalue weighted by Crippen LogP contribution is -2.35. The van der Waals surface area contributed by atoms with Crippen LogP contribution in [0.2, 0.25) is 0 Å². The van der Waals surface area contributed by atoms with Gasteiger partial charge >= 0.3 is 0 Å². The predicted molar refractivity (Wildman–Crippen MR) is 96.1 cm³/mol. The van der Waals surface area contributed by atoms with Gasteiger partial charge in [-0.3, -0.25) is 4.79 Å². The van der Waals surface area contributed by atoms with E-state index in [0.29, 0.717) is 6.42 Å². The van der Waals surface area contributed by atoms with E-state index in [-0.39, 0.29) is 11.9 Å². The van der Waals surface area contributed by atoms with Crippen LogP contribution in [-0.4, -0.2) is 19.1 Å². The number of hydrogen-bond donors (Lipinski definition) is 0. The van der Waals surface area contributed by atoms with Crippen molar-refractivity contribution in [2.24, 2.45) is 0 Å². The van der Waals surface area contributed by atoms with Crippen LogP contribution in [0.25, 0.3) is 0 Å². The molecule has 4 heteroatoms. The molecule has 1 aliphatic heterocycles. The van der Waals surface area contributed by atoms with Gasteiger partial charge in [0, 0.05) is 18.2 Å². The molecule has 120 valence electrons. The third kappa shape index (κ3) is 3.27. The molecule has 1 aliphatic rings. The van der Waals surface area contributed by atoms with Crippen LogP contribution in [0.5, 0.6) is 5.75 Å². The second-order valence-electron chi connectivity index (χ2n) is 5.91. The van der Waals surface area contributed by atoms with Gasteiger partial charge in [-0.2, -0.15) is 0 Å². The molecule has 0 spiro atoms. The maximum atomic E-state index is 12.7. The summed E-state index contributed by atoms with van der Waals surface area (Å²) in [5.74, 6) is 0.997. The Morgan fingerprint density at radius 3 is 2.83 bits per heavy atom. The van der Waals surface area contributed by atoms with Crippen molar-refractivity contribution in [3.63, 3.8) is 0 Å². The van der Waals surface area contributed by atoms with Crippen LogP contribution < -0.4 is 9.64 Å². The second kappa shape index (κ2) is 6.75. The van der Waals surface area contributed by atoms with E-state index in [1.165, 1.54) is 5.56 Å². The average Bonchev–Trinajstić information content (AvgIpc) is 2.88. The lowest BCUT2D eigenvalue weighted by molar-refractivity contribution is -0.118. The summed E-state index contributed by atoms with van der Waals surface area (Å²) >= 11 is 3.49. The Balaban J connectivity index is 1.69. The van der Waals surface area contributed by atoms with Gasteiger partial charge in [-0.25, -0.2) is 0 Å². The SMILES string of the molecule is COc1ccc(CCC(=O)N2c3ccccc3CC2C)cc1Br. The molecular weight excluding hydrogens is 354 g/mol. The number of hydrogen-bond acceptors (Lipinski definition) is 2. The molecule has 0 N–H and O–H groups in total. The molecule has 23 heavy (non-hydrogen) atoms. The molecule has 0 fully saturated rings. The zero-order chi connectivity index (χ0) is 16.4. The van der Waals surface area contributed by atoms with Gasteiger partial charge in [0.05, 0.1) is 11.6 Å². The molecule has 2 aromatic carbocycles. The van der Waals surface area contributed by atoms with E-state index in [1.54, 1.807) is 7.11 Å². The van der Waals surface area contributed by atoms with E-state index in [1.807, 2.05) is 41.3 Å². The Hall–Kier alpha value is -1.81. The minimum absolute atomic E-state index is 0.189. The molecule has 1 atom stereocenters. The molecule has 3 rings (SSSR count). The summed E-state index contributed by atoms with van der Waals surface area (Å²) in [6.45, 7) is 2.11. The van der Waals surface area contributed by atoms with E-state index in [0.717, 1.165) is 34.3 Å². The molecule has 0 aromatic heterocycles. The first-order valence-electron chi connectivity index (χ1n) is 7.82. The van der Waals surface area contributed by atoms with Gasteiger partial charge in [-0.05, 0) is 65.0 Å². The normalized spacial score (nSPS) is 16.3. The predicted octanol–water partition coefficient (Wildman–Crippen LogP) is 4.37. The summed E-state index contributed by atoms with van der Waals surface area (Å²) in [7, 11) is 1.65. The zero-order valence-electron chi connectivity index (χ0n) is 13.4. The lowest BCUT2D eigenvalue weighted by Gasteiger charge is -2.22. The minimum atomic E-state index is 0.189. The van der Waals surface area contributed by atoms with Gasteiger partial charge in [-0.1, -0.05) is 24.3 Å². The van der Waals surface area contributed by atoms with Gasteiger partial charge in [0.25, 0.3) is 0 Å². The molecule has 1 heterocycles. The van der Waals surface area contributed by atoms with Crippen molar-refractivity contribution < 1.29 is 9.53 Å². The molecule has 0 saturated carbocycles. The molecule has 0 bridgehead atoms. The van der Waals surface area contributed by atoms with Crippen molar-refractivity contribution in [1.82, 2.24) is 0 Å². The van der Waals surface area contributed by atoms with Crippen molar-refractivity contribution in [3.05, 3.63) is 58.1 Å². The summed E-state index contributed by atoms with van der Waals surface area (Å²) in [5.41, 5.74) is 3.47. The smallest absolute Gasteiger partial charge is 0.227 e. The number of amides is 1. The van der Waals surface area contributed by atoms with Crippen LogP contribution in [0.15, 0.2) is 46.9 Å². The van der Waals surface area contributed by atoms with Crippen molar-refractivity contribution in [1.29, 1.82) is 0 Å². The highest BCUT2D eigenvalue weighted by Gasteiger charge is 2.29. The molecule has 0 saturated heterocycles. The average molecular weight is 374 g/mol. The van der Waals surface area contributed by atoms with Crippen molar-refractivity contribution >= 4 is 27.5 Å². The Labute approximate surface area is 145 Å². The Morgan fingerprint density at radius 2 is 2.09 bits per heavy atom. The summed E-state index contributed by atoms with van der Waals surface area (Å²) in [6, 6.07) is 14.4. The molecule has 0 aliphatic carbocycles. The standard InChI is InChI=1S/C19H20BrNO2/c1-13-11-15-5-3-4-6-17(15)21(13)19(22)10-8-14-7-9-18(23-2)16(20)12-14/h3-7,9,12-13H,8,10-11H2,1-2H3. The number of halogens is 1. The number of ether oxygens (including phenoxy) is 1. The maximum Gasteiger partial charge on any atom is 0.227 e. The van der Waals surface area contributed by atoms with Crippen LogP contribution in [0.3, 0.4) is 0 Å². The largest absolute Gasteiger partial charge is 0.496 e. The van der Waals surface area contributed by atoms with E-state index >= 15 is 0 Å². The van der Waals surface area contributed by atoms with Crippen molar-refractivity contribution in [2.75, 3.05) is 12.0 Å². The molecular formula is C19H20BrNO2. The number of nitrogens with zero attached hydrogens (tertiary/aromatic N) is 1. The highest BCUT2D eigenvalue weighted by atomic mass is 79.9. The number of benzene rings is 2. The molecule has 2 aromatic rings. The van der Waals surface area contributed by atoms with Gasteiger partial charge in [0.1, 0.15) is 5.75 Å². The fraction of sp³-hybridized carbons (Fsp3) is 0.316. The van der Waals surface area contributed by atoms with E-state index in [4.69, 9.17) is 4.74 Å². The first kappa shape index (κ1) is 16.1. The summed E-state index contributed by atoms with van der Waals surface area (Å²) in [4.78, 5) is 14.6. The van der Waals surface area contributed by atoms with Gasteiger partial charge < -0.3 is 9.64 Å². The number of aryl methyl sites for hydroxylation is 1. The van der Waals surface area contributed by atoms with Crippen LogP contribution in [0.1, 0.15) is 24.5 Å². The topological polar surface area (TPSA) is 29.5 Å². The third-order valence-corrected chi connectivity index (χ3v) is 4.94. The fourth-order valence-corrected chi connectivity index (χ4v) is 3.77. The summed E-state index contributed by atoms with van der Waals surface area (Å²) < 4.78 is 6.16. The molecule has 0 radical (unpaired) electrons. The van der Waals surface area contributed by atoms with Gasteiger partial charge in [0.15, 0.2) is 0 Å². The Kier molecular flexibility index (Phi) is 4.71. The Bertz CT molecular complexity index is 729. The first-order chi connectivity index (χ1) is 11.1. The first-order valence-corrected chi connectivity index (χ1v) is 8.62. The zero-order valence-corrected chi connectivity index (χ0v) is 15.0. The van der Waals surface area contributed by atoms with Crippen LogP contribution in [0.4, 0.5) is 5.69 Å². The Morgan fingerprint density at radius 1 is 1.30 bits per heavy atom. The summed E-state index contributed by atoms with van der Waals surface area (Å²) in [5, 5.41) is 0. The molecule has 1 amide bonds. The van der Waals surface area contributed by atoms with Gasteiger partial charge in [0.2, 0.25) is 5.91 Å². The molecule has 1 unspecified atom stereocenters. The summed E-state index contributed by atoms with van der Waals surface area (Å²) in [6.07, 6.45) is 2.18. The maximum absolute atomic E-state index is 12.7. The van der Waals surface area contributed by atoms with Gasteiger partial charge in [-0.15, -0.1) is 0 Å². The number of carbonyl (C=O) groups excluding carboxylic acids is 1.